The molecule has 25 heavy (non-hydrogen) atoms. The van der Waals surface area contributed by atoms with Gasteiger partial charge in [0.25, 0.3) is 5.91 Å². The van der Waals surface area contributed by atoms with Gasteiger partial charge in [0.2, 0.25) is 0 Å². The van der Waals surface area contributed by atoms with Crippen molar-refractivity contribution < 1.29 is 14.3 Å². The molecule has 2 aliphatic rings. The largest absolute Gasteiger partial charge is 0.381 e. The number of imide groups is 1. The number of carbonyl (C=O) groups excluding carboxylic acids is 2. The van der Waals surface area contributed by atoms with Gasteiger partial charge in [0, 0.05) is 26.0 Å². The quantitative estimate of drug-likeness (QED) is 0.777. The fraction of sp³-hybridized carbons (Fsp3) is 0.471. The number of amidine groups is 1. The predicted octanol–water partition coefficient (Wildman–Crippen LogP) is 1.50. The highest BCUT2D eigenvalue weighted by Gasteiger charge is 2.48. The summed E-state index contributed by atoms with van der Waals surface area (Å²) < 4.78 is 5.39. The lowest BCUT2D eigenvalue weighted by Crippen LogP contribution is -2.63. The number of nitrogens with one attached hydrogen (secondary N) is 1. The van der Waals surface area contributed by atoms with Crippen molar-refractivity contribution in [1.82, 2.24) is 15.1 Å². The van der Waals surface area contributed by atoms with E-state index in [2.05, 4.69) is 10.3 Å². The monoisotopic (exact) mass is 362 g/mol. The van der Waals surface area contributed by atoms with Crippen LogP contribution in [0.4, 0.5) is 4.79 Å². The second-order valence-corrected chi connectivity index (χ2v) is 6.90. The summed E-state index contributed by atoms with van der Waals surface area (Å²) in [6.07, 6.45) is -0.487. The zero-order chi connectivity index (χ0) is 17.8. The summed E-state index contributed by atoms with van der Waals surface area (Å²) in [5.74, 6) is 0.449. The highest BCUT2D eigenvalue weighted by atomic mass is 32.2. The third-order valence-corrected chi connectivity index (χ3v) is 5.15. The molecule has 3 amide bonds. The fourth-order valence-corrected chi connectivity index (χ4v) is 3.81. The van der Waals surface area contributed by atoms with Crippen molar-refractivity contribution in [1.29, 1.82) is 0 Å². The predicted molar refractivity (Wildman–Crippen MR) is 97.2 cm³/mol. The van der Waals surface area contributed by atoms with Crippen molar-refractivity contribution in [3.63, 3.8) is 0 Å². The van der Waals surface area contributed by atoms with Crippen molar-refractivity contribution in [2.45, 2.75) is 25.7 Å². The number of thioether (sulfide) groups is 1. The lowest BCUT2D eigenvalue weighted by atomic mass is 10.1. The molecule has 0 spiro atoms. The maximum absolute atomic E-state index is 12.4. The number of hydrogen-bond donors (Lipinski definition) is 1. The molecule has 134 valence electrons. The lowest BCUT2D eigenvalue weighted by Gasteiger charge is -2.36. The summed E-state index contributed by atoms with van der Waals surface area (Å²) in [7, 11) is 1.66. The Morgan fingerprint density at radius 1 is 1.28 bits per heavy atom. The average molecular weight is 362 g/mol. The molecule has 1 N–H and O–H groups in total. The number of rotatable bonds is 6. The molecule has 0 aliphatic carbocycles. The van der Waals surface area contributed by atoms with Crippen molar-refractivity contribution >= 4 is 28.9 Å². The maximum Gasteiger partial charge on any atom is 0.325 e. The number of carbonyl (C=O) groups is 2. The maximum atomic E-state index is 12.4. The number of ether oxygens (including phenoxy) is 1. The van der Waals surface area contributed by atoms with Crippen LogP contribution in [0.25, 0.3) is 0 Å². The van der Waals surface area contributed by atoms with Crippen molar-refractivity contribution in [2.75, 3.05) is 26.0 Å². The van der Waals surface area contributed by atoms with Crippen LogP contribution < -0.4 is 5.32 Å². The van der Waals surface area contributed by atoms with Gasteiger partial charge < -0.3 is 14.5 Å². The Bertz CT molecular complexity index is 667. The molecule has 2 heterocycles. The number of benzene rings is 1. The van der Waals surface area contributed by atoms with Gasteiger partial charge in [0.1, 0.15) is 0 Å². The van der Waals surface area contributed by atoms with Crippen LogP contribution in [0, 0.1) is 0 Å². The zero-order valence-electron chi connectivity index (χ0n) is 14.3. The third kappa shape index (κ3) is 3.80. The van der Waals surface area contributed by atoms with Crippen LogP contribution in [0.5, 0.6) is 0 Å². The van der Waals surface area contributed by atoms with E-state index in [9.17, 15) is 9.59 Å². The minimum absolute atomic E-state index is 0.298. The number of amides is 3. The number of likely N-dealkylation sites (N-methyl/N-ethyl adjacent to an activating group) is 1. The summed E-state index contributed by atoms with van der Waals surface area (Å²) in [5, 5.41) is 3.19. The minimum atomic E-state index is -0.502. The number of fused-ring (bicyclic) bond motifs is 1. The van der Waals surface area contributed by atoms with Gasteiger partial charge in [0.05, 0.1) is 6.61 Å². The summed E-state index contributed by atoms with van der Waals surface area (Å²) in [6, 6.07) is 9.03. The molecule has 8 heteroatoms. The molecule has 0 bridgehead atoms. The molecule has 1 aromatic carbocycles. The van der Waals surface area contributed by atoms with Crippen LogP contribution >= 0.6 is 11.8 Å². The summed E-state index contributed by atoms with van der Waals surface area (Å²) in [4.78, 5) is 32.5. The third-order valence-electron chi connectivity index (χ3n) is 4.18. The molecule has 2 aliphatic heterocycles. The van der Waals surface area contributed by atoms with Crippen LogP contribution in [0.1, 0.15) is 12.5 Å². The molecule has 1 saturated heterocycles. The van der Waals surface area contributed by atoms with Gasteiger partial charge in [0.15, 0.2) is 17.4 Å². The molecule has 2 atom stereocenters. The summed E-state index contributed by atoms with van der Waals surface area (Å²) in [6.45, 7) is 3.82. The average Bonchev–Trinajstić information content (AvgIpc) is 2.97. The van der Waals surface area contributed by atoms with E-state index in [1.165, 1.54) is 4.90 Å². The van der Waals surface area contributed by atoms with Crippen LogP contribution in [-0.2, 0) is 16.1 Å². The summed E-state index contributed by atoms with van der Waals surface area (Å²) >= 11 is 1.56. The molecule has 3 rings (SSSR count). The molecule has 0 radical (unpaired) electrons. The first-order valence-corrected chi connectivity index (χ1v) is 9.27. The van der Waals surface area contributed by atoms with Gasteiger partial charge in [-0.25, -0.2) is 9.79 Å². The highest BCUT2D eigenvalue weighted by molar-refractivity contribution is 8.13. The topological polar surface area (TPSA) is 74.2 Å². The zero-order valence-corrected chi connectivity index (χ0v) is 15.2. The van der Waals surface area contributed by atoms with E-state index in [1.807, 2.05) is 42.2 Å². The Morgan fingerprint density at radius 2 is 2.04 bits per heavy atom. The normalized spacial score (nSPS) is 22.7. The Morgan fingerprint density at radius 3 is 2.76 bits per heavy atom. The number of hydrogen-bond acceptors (Lipinski definition) is 6. The fourth-order valence-electron chi connectivity index (χ4n) is 2.90. The number of aliphatic imine (C=N–C) groups is 1. The summed E-state index contributed by atoms with van der Waals surface area (Å²) in [5.41, 5.74) is 1.09. The molecule has 0 aromatic heterocycles. The van der Waals surface area contributed by atoms with Crippen molar-refractivity contribution in [3.8, 4) is 0 Å². The number of nitrogens with zero attached hydrogens (tertiary/aromatic N) is 3. The molecule has 1 aromatic rings. The van der Waals surface area contributed by atoms with Crippen LogP contribution in [-0.4, -0.2) is 65.1 Å². The molecule has 7 nitrogen and oxygen atoms in total. The first kappa shape index (κ1) is 17.8. The van der Waals surface area contributed by atoms with Crippen LogP contribution in [0.15, 0.2) is 35.3 Å². The van der Waals surface area contributed by atoms with E-state index in [0.29, 0.717) is 19.8 Å². The SMILES string of the molecule is CCOCCSC1=NC2C(C(=O)NC(=O)N2C)N1Cc1ccccc1. The van der Waals surface area contributed by atoms with E-state index in [0.717, 1.165) is 16.5 Å². The molecular formula is C17H22N4O3S. The van der Waals surface area contributed by atoms with Gasteiger partial charge in [-0.3, -0.25) is 10.1 Å². The molecule has 2 unspecified atom stereocenters. The molecule has 1 fully saturated rings. The van der Waals surface area contributed by atoms with E-state index < -0.39 is 18.2 Å². The molecular weight excluding hydrogens is 340 g/mol. The van der Waals surface area contributed by atoms with E-state index in [1.54, 1.807) is 18.8 Å². The van der Waals surface area contributed by atoms with E-state index >= 15 is 0 Å². The molecule has 0 saturated carbocycles. The van der Waals surface area contributed by atoms with E-state index in [4.69, 9.17) is 4.74 Å². The van der Waals surface area contributed by atoms with Gasteiger partial charge >= 0.3 is 6.03 Å². The Labute approximate surface area is 151 Å². The van der Waals surface area contributed by atoms with Gasteiger partial charge in [-0.15, -0.1) is 0 Å². The second-order valence-electron chi connectivity index (χ2n) is 5.83. The highest BCUT2D eigenvalue weighted by Crippen LogP contribution is 2.29. The smallest absolute Gasteiger partial charge is 0.325 e. The first-order chi connectivity index (χ1) is 12.1. The second kappa shape index (κ2) is 7.88. The Hall–Kier alpha value is -2.06. The van der Waals surface area contributed by atoms with Crippen molar-refractivity contribution in [2.24, 2.45) is 4.99 Å². The Balaban J connectivity index is 1.81. The number of urea groups is 1. The van der Waals surface area contributed by atoms with Crippen LogP contribution in [0.2, 0.25) is 0 Å². The van der Waals surface area contributed by atoms with Gasteiger partial charge in [-0.2, -0.15) is 0 Å². The Kier molecular flexibility index (Phi) is 5.60. The van der Waals surface area contributed by atoms with E-state index in [-0.39, 0.29) is 5.91 Å². The van der Waals surface area contributed by atoms with Gasteiger partial charge in [-0.1, -0.05) is 42.1 Å². The minimum Gasteiger partial charge on any atom is -0.381 e. The first-order valence-electron chi connectivity index (χ1n) is 8.28. The lowest BCUT2D eigenvalue weighted by molar-refractivity contribution is -0.127. The van der Waals surface area contributed by atoms with Crippen LogP contribution in [0.3, 0.4) is 0 Å². The van der Waals surface area contributed by atoms with Gasteiger partial charge in [-0.05, 0) is 12.5 Å². The van der Waals surface area contributed by atoms with Crippen molar-refractivity contribution in [3.05, 3.63) is 35.9 Å². The standard InChI is InChI=1S/C17H22N4O3S/c1-3-24-9-10-25-17-18-14-13(15(22)19-16(23)20(14)2)21(17)11-12-7-5-4-6-8-12/h4-8,13-14H,3,9-11H2,1-2H3,(H,19,22,23).